The van der Waals surface area contributed by atoms with Crippen LogP contribution >= 0.6 is 22.9 Å². The monoisotopic (exact) mass is 310 g/mol. The minimum absolute atomic E-state index is 0.285. The number of amides is 1. The fourth-order valence-electron chi connectivity index (χ4n) is 1.71. The van der Waals surface area contributed by atoms with Crippen molar-refractivity contribution in [2.45, 2.75) is 20.5 Å². The van der Waals surface area contributed by atoms with Crippen molar-refractivity contribution in [3.63, 3.8) is 0 Å². The molecule has 1 aromatic heterocycles. The summed E-state index contributed by atoms with van der Waals surface area (Å²) < 4.78 is 5.72. The first-order chi connectivity index (χ1) is 9.51. The van der Waals surface area contributed by atoms with Gasteiger partial charge < -0.3 is 4.74 Å². The SMILES string of the molecule is Cc1cc(OCc2cc(C(=O)NN)sc2C)ccc1Cl. The van der Waals surface area contributed by atoms with Crippen molar-refractivity contribution >= 4 is 28.8 Å². The van der Waals surface area contributed by atoms with Crippen molar-refractivity contribution in [3.05, 3.63) is 50.2 Å². The molecule has 4 nitrogen and oxygen atoms in total. The lowest BCUT2D eigenvalue weighted by atomic mass is 10.2. The van der Waals surface area contributed by atoms with Crippen LogP contribution in [0.4, 0.5) is 0 Å². The van der Waals surface area contributed by atoms with Gasteiger partial charge in [-0.15, -0.1) is 11.3 Å². The number of halogens is 1. The Hall–Kier alpha value is -1.56. The number of hydrogen-bond acceptors (Lipinski definition) is 4. The highest BCUT2D eigenvalue weighted by Gasteiger charge is 2.11. The van der Waals surface area contributed by atoms with Gasteiger partial charge in [0.05, 0.1) is 4.88 Å². The molecule has 1 amide bonds. The summed E-state index contributed by atoms with van der Waals surface area (Å²) in [6.45, 7) is 4.28. The van der Waals surface area contributed by atoms with Gasteiger partial charge in [-0.05, 0) is 43.7 Å². The zero-order chi connectivity index (χ0) is 14.7. The third-order valence-electron chi connectivity index (χ3n) is 2.90. The number of nitrogens with two attached hydrogens (primary N) is 1. The van der Waals surface area contributed by atoms with E-state index in [-0.39, 0.29) is 5.91 Å². The molecule has 106 valence electrons. The highest BCUT2D eigenvalue weighted by Crippen LogP contribution is 2.25. The van der Waals surface area contributed by atoms with E-state index < -0.39 is 0 Å². The van der Waals surface area contributed by atoms with E-state index >= 15 is 0 Å². The maximum absolute atomic E-state index is 11.5. The fraction of sp³-hybridized carbons (Fsp3) is 0.214. The lowest BCUT2D eigenvalue weighted by molar-refractivity contribution is 0.0957. The molecule has 3 N–H and O–H groups in total. The van der Waals surface area contributed by atoms with Crippen molar-refractivity contribution < 1.29 is 9.53 Å². The second kappa shape index (κ2) is 6.26. The van der Waals surface area contributed by atoms with E-state index in [1.54, 1.807) is 12.1 Å². The van der Waals surface area contributed by atoms with E-state index in [2.05, 4.69) is 5.43 Å². The molecule has 2 rings (SSSR count). The van der Waals surface area contributed by atoms with E-state index in [4.69, 9.17) is 22.2 Å². The average molecular weight is 311 g/mol. The molecule has 0 radical (unpaired) electrons. The summed E-state index contributed by atoms with van der Waals surface area (Å²) in [7, 11) is 0. The first-order valence-corrected chi connectivity index (χ1v) is 7.20. The van der Waals surface area contributed by atoms with Crippen molar-refractivity contribution in [1.29, 1.82) is 0 Å². The van der Waals surface area contributed by atoms with Crippen molar-refractivity contribution in [1.82, 2.24) is 5.43 Å². The van der Waals surface area contributed by atoms with Gasteiger partial charge in [0.25, 0.3) is 5.91 Å². The minimum Gasteiger partial charge on any atom is -0.489 e. The number of hydrazine groups is 1. The van der Waals surface area contributed by atoms with Crippen LogP contribution in [0, 0.1) is 13.8 Å². The Bertz CT molecular complexity index is 640. The molecule has 0 saturated carbocycles. The maximum atomic E-state index is 11.5. The van der Waals surface area contributed by atoms with Crippen LogP contribution in [-0.2, 0) is 6.61 Å². The molecule has 0 bridgehead atoms. The molecule has 20 heavy (non-hydrogen) atoms. The zero-order valence-electron chi connectivity index (χ0n) is 11.2. The third kappa shape index (κ3) is 3.30. The van der Waals surface area contributed by atoms with Gasteiger partial charge in [-0.1, -0.05) is 11.6 Å². The van der Waals surface area contributed by atoms with Gasteiger partial charge in [-0.2, -0.15) is 0 Å². The topological polar surface area (TPSA) is 64.3 Å². The Kier molecular flexibility index (Phi) is 4.65. The Morgan fingerprint density at radius 2 is 2.15 bits per heavy atom. The summed E-state index contributed by atoms with van der Waals surface area (Å²) in [6, 6.07) is 7.31. The molecule has 1 aromatic carbocycles. The zero-order valence-corrected chi connectivity index (χ0v) is 12.8. The van der Waals surface area contributed by atoms with Gasteiger partial charge in [0.1, 0.15) is 12.4 Å². The number of ether oxygens (including phenoxy) is 1. The van der Waals surface area contributed by atoms with Gasteiger partial charge in [-0.25, -0.2) is 5.84 Å². The predicted molar refractivity (Wildman–Crippen MR) is 81.2 cm³/mol. The quantitative estimate of drug-likeness (QED) is 0.518. The van der Waals surface area contributed by atoms with Crippen LogP contribution in [0.25, 0.3) is 0 Å². The molecule has 0 unspecified atom stereocenters. The number of carbonyl (C=O) groups is 1. The lowest BCUT2D eigenvalue weighted by Gasteiger charge is -2.07. The van der Waals surface area contributed by atoms with Crippen LogP contribution in [0.15, 0.2) is 24.3 Å². The first-order valence-electron chi connectivity index (χ1n) is 6.00. The first kappa shape index (κ1) is 14.8. The number of rotatable bonds is 4. The van der Waals surface area contributed by atoms with Gasteiger partial charge in [0.15, 0.2) is 0 Å². The van der Waals surface area contributed by atoms with E-state index in [0.29, 0.717) is 16.5 Å². The molecular weight excluding hydrogens is 296 g/mol. The summed E-state index contributed by atoms with van der Waals surface area (Å²) in [4.78, 5) is 13.1. The van der Waals surface area contributed by atoms with Crippen LogP contribution in [-0.4, -0.2) is 5.91 Å². The molecule has 0 aliphatic carbocycles. The number of thiophene rings is 1. The summed E-state index contributed by atoms with van der Waals surface area (Å²) in [6.07, 6.45) is 0. The molecule has 0 saturated heterocycles. The smallest absolute Gasteiger partial charge is 0.275 e. The third-order valence-corrected chi connectivity index (χ3v) is 4.41. The molecule has 0 fully saturated rings. The van der Waals surface area contributed by atoms with E-state index in [1.807, 2.05) is 26.0 Å². The standard InChI is InChI=1S/C14H15ClN2O2S/c1-8-5-11(3-4-12(8)15)19-7-10-6-13(14(18)17-16)20-9(10)2/h3-6H,7,16H2,1-2H3,(H,17,18). The molecule has 2 aromatic rings. The van der Waals surface area contributed by atoms with Crippen molar-refractivity contribution in [2.24, 2.45) is 5.84 Å². The molecular formula is C14H15ClN2O2S. The fourth-order valence-corrected chi connectivity index (χ4v) is 2.76. The van der Waals surface area contributed by atoms with Crippen molar-refractivity contribution in [3.8, 4) is 5.75 Å². The highest BCUT2D eigenvalue weighted by atomic mass is 35.5. The van der Waals surface area contributed by atoms with E-state index in [9.17, 15) is 4.79 Å². The van der Waals surface area contributed by atoms with Crippen LogP contribution in [0.1, 0.15) is 25.7 Å². The normalized spacial score (nSPS) is 10.4. The summed E-state index contributed by atoms with van der Waals surface area (Å²) in [5.41, 5.74) is 4.07. The summed E-state index contributed by atoms with van der Waals surface area (Å²) >= 11 is 7.36. The lowest BCUT2D eigenvalue weighted by Crippen LogP contribution is -2.29. The van der Waals surface area contributed by atoms with Crippen LogP contribution < -0.4 is 16.0 Å². The van der Waals surface area contributed by atoms with Crippen LogP contribution in [0.5, 0.6) is 5.75 Å². The van der Waals surface area contributed by atoms with Gasteiger partial charge >= 0.3 is 0 Å². The van der Waals surface area contributed by atoms with Crippen molar-refractivity contribution in [2.75, 3.05) is 0 Å². The Morgan fingerprint density at radius 1 is 1.40 bits per heavy atom. The second-order valence-corrected chi connectivity index (χ2v) is 6.03. The number of benzene rings is 1. The van der Waals surface area contributed by atoms with Gasteiger partial charge in [0, 0.05) is 15.5 Å². The molecule has 1 heterocycles. The van der Waals surface area contributed by atoms with Gasteiger partial charge in [-0.3, -0.25) is 10.2 Å². The maximum Gasteiger partial charge on any atom is 0.275 e. The Labute approximate surface area is 126 Å². The van der Waals surface area contributed by atoms with E-state index in [1.165, 1.54) is 11.3 Å². The molecule has 0 aliphatic rings. The number of aryl methyl sites for hydroxylation is 2. The molecule has 0 spiro atoms. The van der Waals surface area contributed by atoms with E-state index in [0.717, 1.165) is 21.8 Å². The van der Waals surface area contributed by atoms with Gasteiger partial charge in [0.2, 0.25) is 0 Å². The average Bonchev–Trinajstić information content (AvgIpc) is 2.80. The number of nitrogens with one attached hydrogen (secondary N) is 1. The summed E-state index contributed by atoms with van der Waals surface area (Å²) in [5, 5.41) is 0.714. The van der Waals surface area contributed by atoms with Crippen LogP contribution in [0.2, 0.25) is 5.02 Å². The minimum atomic E-state index is -0.285. The second-order valence-electron chi connectivity index (χ2n) is 4.37. The summed E-state index contributed by atoms with van der Waals surface area (Å²) in [5.74, 6) is 5.59. The predicted octanol–water partition coefficient (Wildman–Crippen LogP) is 3.20. The molecule has 0 aliphatic heterocycles. The number of carbonyl (C=O) groups excluding carboxylic acids is 1. The van der Waals surface area contributed by atoms with Crippen LogP contribution in [0.3, 0.4) is 0 Å². The Balaban J connectivity index is 2.08. The Morgan fingerprint density at radius 3 is 2.80 bits per heavy atom. The molecule has 0 atom stereocenters. The number of hydrogen-bond donors (Lipinski definition) is 2. The number of nitrogen functional groups attached to an aromatic ring is 1. The molecule has 6 heteroatoms. The highest BCUT2D eigenvalue weighted by molar-refractivity contribution is 7.14. The largest absolute Gasteiger partial charge is 0.489 e.